The van der Waals surface area contributed by atoms with E-state index in [4.69, 9.17) is 39.1 Å². The van der Waals surface area contributed by atoms with Crippen LogP contribution in [0.15, 0.2) is 116 Å². The van der Waals surface area contributed by atoms with Crippen LogP contribution in [0, 0.1) is 23.2 Å². The van der Waals surface area contributed by atoms with Gasteiger partial charge in [-0.15, -0.1) is 0 Å². The van der Waals surface area contributed by atoms with Crippen LogP contribution in [0.3, 0.4) is 0 Å². The average molecular weight is 797 g/mol. The van der Waals surface area contributed by atoms with Crippen LogP contribution in [-0.4, -0.2) is 60.9 Å². The zero-order chi connectivity index (χ0) is 41.2. The number of fused-ring (bicyclic) bond motifs is 1. The van der Waals surface area contributed by atoms with Crippen molar-refractivity contribution in [1.82, 2.24) is 19.5 Å². The predicted octanol–water partition coefficient (Wildman–Crippen LogP) is 9.17. The number of hydrogen-bond donors (Lipinski definition) is 1. The first kappa shape index (κ1) is 40.6. The number of aromatic nitrogens is 4. The normalized spacial score (nSPS) is 19.2. The Bertz CT molecular complexity index is 2330. The lowest BCUT2D eigenvalue weighted by Crippen LogP contribution is -2.48. The van der Waals surface area contributed by atoms with E-state index in [1.807, 2.05) is 102 Å². The van der Waals surface area contributed by atoms with Crippen molar-refractivity contribution in [1.29, 1.82) is 5.26 Å². The molecule has 1 aliphatic heterocycles. The summed E-state index contributed by atoms with van der Waals surface area (Å²) in [5.74, 6) is 0.600. The molecule has 1 unspecified atom stereocenters. The van der Waals surface area contributed by atoms with Crippen molar-refractivity contribution in [3.8, 4) is 28.8 Å². The number of methoxy groups -OCH3 is 2. The van der Waals surface area contributed by atoms with Crippen LogP contribution < -0.4 is 15.2 Å². The van der Waals surface area contributed by atoms with Gasteiger partial charge in [0.2, 0.25) is 0 Å². The van der Waals surface area contributed by atoms with Gasteiger partial charge in [0.25, 0.3) is 0 Å². The number of nitrogens with two attached hydrogens (primary N) is 1. The van der Waals surface area contributed by atoms with E-state index in [1.54, 1.807) is 20.5 Å². The highest BCUT2D eigenvalue weighted by Crippen LogP contribution is 2.48. The zero-order valence-electron chi connectivity index (χ0n) is 34.4. The lowest BCUT2D eigenvalue weighted by atomic mass is 9.79. The van der Waals surface area contributed by atoms with Crippen LogP contribution in [-0.2, 0) is 19.5 Å². The van der Waals surface area contributed by atoms with Gasteiger partial charge in [-0.25, -0.2) is 15.0 Å². The summed E-state index contributed by atoms with van der Waals surface area (Å²) in [7, 11) is 0.844. The summed E-state index contributed by atoms with van der Waals surface area (Å²) in [6.07, 6.45) is 1.46. The molecule has 1 saturated heterocycles. The van der Waals surface area contributed by atoms with Gasteiger partial charge in [-0.1, -0.05) is 87.5 Å². The van der Waals surface area contributed by atoms with Gasteiger partial charge in [-0.2, -0.15) is 5.26 Å². The van der Waals surface area contributed by atoms with Crippen molar-refractivity contribution in [3.05, 3.63) is 132 Å². The molecule has 1 fully saturated rings. The molecule has 300 valence electrons. The van der Waals surface area contributed by atoms with Crippen molar-refractivity contribution in [2.45, 2.75) is 69.9 Å². The summed E-state index contributed by atoms with van der Waals surface area (Å²) in [5, 5.41) is 10.5. The van der Waals surface area contributed by atoms with Gasteiger partial charge in [0, 0.05) is 17.2 Å². The number of hydrogen-bond acceptors (Lipinski definition) is 10. The molecule has 0 bridgehead atoms. The maximum Gasteiger partial charge on any atom is 0.192 e. The standard InChI is InChI=1S/C46H52N6O5Si/c1-30(26-47)39-38(27-55-46(32-14-10-9-11-15-32,33-17-21-36(53-5)22-18-33)34-19-23-37(54-6)24-20-34)56-44(42(39)57-58(7,8)45(2,3)4)52-29-51-41-40(49-28-50-43(41)52)31-13-12-16-35(48)25-31/h9-25,28-30,38-39,42,44H,27,48H2,1-8H3/t30?,38-,39+,42+,44+/m0/s1. The number of nitrogen functional groups attached to an aromatic ring is 1. The molecular weight excluding hydrogens is 745 g/mol. The molecule has 5 atom stereocenters. The Hall–Kier alpha value is -5.58. The fourth-order valence-corrected chi connectivity index (χ4v) is 8.99. The predicted molar refractivity (Wildman–Crippen MR) is 228 cm³/mol. The lowest BCUT2D eigenvalue weighted by Gasteiger charge is -2.41. The van der Waals surface area contributed by atoms with E-state index < -0.39 is 44.2 Å². The van der Waals surface area contributed by atoms with E-state index in [0.29, 0.717) is 22.5 Å². The molecule has 11 nitrogen and oxygen atoms in total. The minimum absolute atomic E-state index is 0.119. The van der Waals surface area contributed by atoms with E-state index in [1.165, 1.54) is 6.33 Å². The second-order valence-corrected chi connectivity index (χ2v) is 21.1. The third-order valence-corrected chi connectivity index (χ3v) is 16.3. The molecule has 7 rings (SSSR count). The Balaban J connectivity index is 1.37. The second kappa shape index (κ2) is 16.3. The van der Waals surface area contributed by atoms with Gasteiger partial charge in [-0.05, 0) is 78.1 Å². The fraction of sp³-hybridized carbons (Fsp3) is 0.348. The summed E-state index contributed by atoms with van der Waals surface area (Å²) >= 11 is 0. The first-order valence-corrected chi connectivity index (χ1v) is 22.5. The van der Waals surface area contributed by atoms with Crippen LogP contribution in [0.4, 0.5) is 5.69 Å². The molecule has 3 heterocycles. The minimum atomic E-state index is -2.46. The number of ether oxygens (including phenoxy) is 4. The van der Waals surface area contributed by atoms with E-state index in [-0.39, 0.29) is 11.6 Å². The molecule has 0 spiro atoms. The third kappa shape index (κ3) is 7.58. The number of nitrogens with zero attached hydrogens (tertiary/aromatic N) is 5. The van der Waals surface area contributed by atoms with Crippen LogP contribution in [0.5, 0.6) is 11.5 Å². The van der Waals surface area contributed by atoms with Crippen molar-refractivity contribution in [2.75, 3.05) is 26.6 Å². The maximum absolute atomic E-state index is 10.7. The molecule has 6 aromatic rings. The SMILES string of the molecule is COc1ccc(C(OC[C@@H]2O[C@@H](n3cnc4c(-c5cccc(N)c5)ncnc43)[C@H](O[Si](C)(C)C(C)(C)C)[C@@H]2C(C)C#N)(c2ccccc2)c2ccc(OC)cc2)cc1. The zero-order valence-corrected chi connectivity index (χ0v) is 35.4. The monoisotopic (exact) mass is 796 g/mol. The quantitative estimate of drug-likeness (QED) is 0.0684. The largest absolute Gasteiger partial charge is 0.497 e. The van der Waals surface area contributed by atoms with Gasteiger partial charge in [0.05, 0.1) is 51.3 Å². The number of nitriles is 1. The van der Waals surface area contributed by atoms with Crippen molar-refractivity contribution >= 4 is 25.2 Å². The Labute approximate surface area is 341 Å². The number of rotatable bonds is 13. The summed E-state index contributed by atoms with van der Waals surface area (Å²) in [5.41, 5.74) is 11.1. The van der Waals surface area contributed by atoms with E-state index >= 15 is 0 Å². The average Bonchev–Trinajstić information content (AvgIpc) is 3.82. The van der Waals surface area contributed by atoms with Crippen LogP contribution in [0.1, 0.15) is 50.6 Å². The number of benzene rings is 4. The summed E-state index contributed by atoms with van der Waals surface area (Å²) in [6, 6.07) is 36.1. The number of anilines is 1. The molecule has 2 N–H and O–H groups in total. The van der Waals surface area contributed by atoms with E-state index in [0.717, 1.165) is 33.8 Å². The van der Waals surface area contributed by atoms with Crippen LogP contribution in [0.2, 0.25) is 18.1 Å². The maximum atomic E-state index is 10.7. The van der Waals surface area contributed by atoms with E-state index in [9.17, 15) is 5.26 Å². The van der Waals surface area contributed by atoms with E-state index in [2.05, 4.69) is 57.1 Å². The van der Waals surface area contributed by atoms with Crippen LogP contribution >= 0.6 is 0 Å². The Morgan fingerprint density at radius 2 is 1.47 bits per heavy atom. The van der Waals surface area contributed by atoms with Crippen LogP contribution in [0.25, 0.3) is 22.4 Å². The minimum Gasteiger partial charge on any atom is -0.497 e. The highest BCUT2D eigenvalue weighted by molar-refractivity contribution is 6.74. The first-order valence-electron chi connectivity index (χ1n) is 19.6. The molecule has 58 heavy (non-hydrogen) atoms. The third-order valence-electron chi connectivity index (χ3n) is 11.9. The van der Waals surface area contributed by atoms with Gasteiger partial charge < -0.3 is 29.1 Å². The summed E-state index contributed by atoms with van der Waals surface area (Å²) in [6.45, 7) is 13.1. The van der Waals surface area contributed by atoms with Crippen molar-refractivity contribution in [3.63, 3.8) is 0 Å². The Morgan fingerprint density at radius 3 is 2.03 bits per heavy atom. The highest BCUT2D eigenvalue weighted by atomic mass is 28.4. The molecule has 0 radical (unpaired) electrons. The second-order valence-electron chi connectivity index (χ2n) is 16.4. The Morgan fingerprint density at radius 1 is 0.845 bits per heavy atom. The molecule has 0 amide bonds. The molecule has 0 aliphatic carbocycles. The number of imidazole rings is 1. The Kier molecular flexibility index (Phi) is 11.4. The molecule has 2 aromatic heterocycles. The van der Waals surface area contributed by atoms with Gasteiger partial charge in [0.15, 0.2) is 20.2 Å². The summed E-state index contributed by atoms with van der Waals surface area (Å²) in [4.78, 5) is 14.2. The van der Waals surface area contributed by atoms with Crippen molar-refractivity contribution < 1.29 is 23.4 Å². The smallest absolute Gasteiger partial charge is 0.192 e. The summed E-state index contributed by atoms with van der Waals surface area (Å²) < 4.78 is 35.0. The van der Waals surface area contributed by atoms with Gasteiger partial charge in [0.1, 0.15) is 34.6 Å². The van der Waals surface area contributed by atoms with Gasteiger partial charge in [-0.3, -0.25) is 4.57 Å². The molecular formula is C46H52N6O5Si. The highest BCUT2D eigenvalue weighted by Gasteiger charge is 2.54. The molecule has 4 aromatic carbocycles. The molecule has 0 saturated carbocycles. The molecule has 12 heteroatoms. The lowest BCUT2D eigenvalue weighted by molar-refractivity contribution is -0.0888. The van der Waals surface area contributed by atoms with Crippen molar-refractivity contribution in [2.24, 2.45) is 11.8 Å². The fourth-order valence-electron chi connectivity index (χ4n) is 7.69. The topological polar surface area (TPSA) is 140 Å². The first-order chi connectivity index (χ1) is 27.8. The van der Waals surface area contributed by atoms with Gasteiger partial charge >= 0.3 is 0 Å². The molecule has 1 aliphatic rings.